The minimum atomic E-state index is -0.470. The Morgan fingerprint density at radius 2 is 2.04 bits per heavy atom. The molecule has 1 atom stereocenters. The Labute approximate surface area is 161 Å². The lowest BCUT2D eigenvalue weighted by Crippen LogP contribution is -2.53. The Hall–Kier alpha value is -2.32. The molecule has 152 valence electrons. The maximum absolute atomic E-state index is 12.3. The standard InChI is InChI=1S/C18H33N7O2/c1-18(2,3)27-17(26)25-11-7-8-15(12-25)23-16(19-4)20-9-5-6-10-24-13-21-22-14-24/h13-15H,5-12H2,1-4H3,(H2,19,20,23). The van der Waals surface area contributed by atoms with Crippen molar-refractivity contribution in [3.05, 3.63) is 12.7 Å². The third-order valence-electron chi connectivity index (χ3n) is 4.24. The van der Waals surface area contributed by atoms with E-state index in [1.165, 1.54) is 0 Å². The molecule has 1 aromatic heterocycles. The first-order valence-electron chi connectivity index (χ1n) is 9.65. The molecule has 1 saturated heterocycles. The van der Waals surface area contributed by atoms with Crippen molar-refractivity contribution in [3.63, 3.8) is 0 Å². The summed E-state index contributed by atoms with van der Waals surface area (Å²) in [7, 11) is 1.76. The lowest BCUT2D eigenvalue weighted by atomic mass is 10.1. The summed E-state index contributed by atoms with van der Waals surface area (Å²) in [6.45, 7) is 8.78. The van der Waals surface area contributed by atoms with Crippen LogP contribution in [-0.2, 0) is 11.3 Å². The first-order valence-corrected chi connectivity index (χ1v) is 9.65. The molecule has 2 N–H and O–H groups in total. The number of hydrogen-bond acceptors (Lipinski definition) is 5. The molecule has 1 unspecified atom stereocenters. The summed E-state index contributed by atoms with van der Waals surface area (Å²) in [6.07, 6.45) is 7.23. The number of piperidine rings is 1. The van der Waals surface area contributed by atoms with E-state index < -0.39 is 5.60 Å². The van der Waals surface area contributed by atoms with Gasteiger partial charge in [-0.05, 0) is 46.5 Å². The van der Waals surface area contributed by atoms with Gasteiger partial charge in [0.2, 0.25) is 0 Å². The van der Waals surface area contributed by atoms with Gasteiger partial charge in [0.05, 0.1) is 0 Å². The molecule has 1 aliphatic heterocycles. The molecule has 0 aliphatic carbocycles. The van der Waals surface area contributed by atoms with Crippen molar-refractivity contribution in [3.8, 4) is 0 Å². The molecule has 2 heterocycles. The molecule has 9 nitrogen and oxygen atoms in total. The Balaban J connectivity index is 1.69. The highest BCUT2D eigenvalue weighted by Crippen LogP contribution is 2.15. The van der Waals surface area contributed by atoms with Gasteiger partial charge in [0.25, 0.3) is 0 Å². The molecule has 27 heavy (non-hydrogen) atoms. The smallest absolute Gasteiger partial charge is 0.410 e. The highest BCUT2D eigenvalue weighted by Gasteiger charge is 2.27. The Morgan fingerprint density at radius 3 is 2.70 bits per heavy atom. The summed E-state index contributed by atoms with van der Waals surface area (Å²) in [5.74, 6) is 0.773. The summed E-state index contributed by atoms with van der Waals surface area (Å²) >= 11 is 0. The van der Waals surface area contributed by atoms with E-state index in [2.05, 4.69) is 25.8 Å². The highest BCUT2D eigenvalue weighted by atomic mass is 16.6. The molecular formula is C18H33N7O2. The molecule has 1 aliphatic rings. The molecule has 9 heteroatoms. The molecule has 0 radical (unpaired) electrons. The fourth-order valence-electron chi connectivity index (χ4n) is 2.94. The summed E-state index contributed by atoms with van der Waals surface area (Å²) in [5.41, 5.74) is -0.470. The quantitative estimate of drug-likeness (QED) is 0.443. The number of amides is 1. The number of unbranched alkanes of at least 4 members (excludes halogenated alkanes) is 1. The number of guanidine groups is 1. The predicted molar refractivity (Wildman–Crippen MR) is 105 cm³/mol. The average molecular weight is 380 g/mol. The second-order valence-electron chi connectivity index (χ2n) is 7.82. The van der Waals surface area contributed by atoms with Crippen LogP contribution in [0, 0.1) is 0 Å². The van der Waals surface area contributed by atoms with Crippen molar-refractivity contribution in [1.82, 2.24) is 30.3 Å². The Morgan fingerprint density at radius 1 is 1.30 bits per heavy atom. The van der Waals surface area contributed by atoms with Crippen LogP contribution >= 0.6 is 0 Å². The van der Waals surface area contributed by atoms with Gasteiger partial charge in [-0.1, -0.05) is 0 Å². The van der Waals surface area contributed by atoms with Crippen molar-refractivity contribution >= 4 is 12.1 Å². The number of nitrogens with zero attached hydrogens (tertiary/aromatic N) is 5. The predicted octanol–water partition coefficient (Wildman–Crippen LogP) is 1.62. The summed E-state index contributed by atoms with van der Waals surface area (Å²) < 4.78 is 7.45. The van der Waals surface area contributed by atoms with Gasteiger partial charge < -0.3 is 24.8 Å². The largest absolute Gasteiger partial charge is 0.444 e. The SMILES string of the molecule is CN=C(NCCCCn1cnnc1)NC1CCCN(C(=O)OC(C)(C)C)C1. The molecular weight excluding hydrogens is 346 g/mol. The second-order valence-corrected chi connectivity index (χ2v) is 7.82. The summed E-state index contributed by atoms with van der Waals surface area (Å²) in [6, 6.07) is 0.175. The van der Waals surface area contributed by atoms with Crippen LogP contribution in [0.15, 0.2) is 17.6 Å². The van der Waals surface area contributed by atoms with Crippen LogP contribution in [0.25, 0.3) is 0 Å². The average Bonchev–Trinajstić information content (AvgIpc) is 3.12. The maximum Gasteiger partial charge on any atom is 0.410 e. The van der Waals surface area contributed by atoms with Crippen LogP contribution in [0.5, 0.6) is 0 Å². The van der Waals surface area contributed by atoms with E-state index in [-0.39, 0.29) is 12.1 Å². The van der Waals surface area contributed by atoms with E-state index in [1.807, 2.05) is 25.3 Å². The third-order valence-corrected chi connectivity index (χ3v) is 4.24. The number of ether oxygens (including phenoxy) is 1. The van der Waals surface area contributed by atoms with E-state index in [0.717, 1.165) is 51.3 Å². The number of aliphatic imine (C=N–C) groups is 1. The van der Waals surface area contributed by atoms with Gasteiger partial charge >= 0.3 is 6.09 Å². The lowest BCUT2D eigenvalue weighted by Gasteiger charge is -2.35. The van der Waals surface area contributed by atoms with Crippen LogP contribution in [0.2, 0.25) is 0 Å². The fourth-order valence-corrected chi connectivity index (χ4v) is 2.94. The zero-order valence-corrected chi connectivity index (χ0v) is 16.9. The van der Waals surface area contributed by atoms with Gasteiger partial charge in [-0.2, -0.15) is 0 Å². The van der Waals surface area contributed by atoms with Gasteiger partial charge in [0.15, 0.2) is 5.96 Å². The molecule has 0 spiro atoms. The van der Waals surface area contributed by atoms with Gasteiger partial charge in [-0.3, -0.25) is 4.99 Å². The molecule has 1 amide bonds. The molecule has 1 fully saturated rings. The Kier molecular flexibility index (Phi) is 7.87. The number of hydrogen-bond donors (Lipinski definition) is 2. The fraction of sp³-hybridized carbons (Fsp3) is 0.778. The topological polar surface area (TPSA) is 96.7 Å². The number of carbonyl (C=O) groups is 1. The van der Waals surface area contributed by atoms with Crippen molar-refractivity contribution in [2.24, 2.45) is 4.99 Å². The first-order chi connectivity index (χ1) is 12.9. The number of aromatic nitrogens is 3. The first kappa shape index (κ1) is 21.0. The van der Waals surface area contributed by atoms with Crippen LogP contribution in [0.1, 0.15) is 46.5 Å². The minimum Gasteiger partial charge on any atom is -0.444 e. The van der Waals surface area contributed by atoms with E-state index in [9.17, 15) is 4.79 Å². The van der Waals surface area contributed by atoms with Crippen LogP contribution in [0.4, 0.5) is 4.79 Å². The number of aryl methyl sites for hydroxylation is 1. The van der Waals surface area contributed by atoms with E-state index in [1.54, 1.807) is 24.6 Å². The monoisotopic (exact) mass is 379 g/mol. The summed E-state index contributed by atoms with van der Waals surface area (Å²) in [4.78, 5) is 18.3. The summed E-state index contributed by atoms with van der Waals surface area (Å²) in [5, 5.41) is 14.4. The van der Waals surface area contributed by atoms with Crippen LogP contribution in [0.3, 0.4) is 0 Å². The number of nitrogens with one attached hydrogen (secondary N) is 2. The molecule has 1 aromatic rings. The zero-order chi connectivity index (χ0) is 19.7. The van der Waals surface area contributed by atoms with E-state index >= 15 is 0 Å². The van der Waals surface area contributed by atoms with Crippen LogP contribution < -0.4 is 10.6 Å². The maximum atomic E-state index is 12.3. The van der Waals surface area contributed by atoms with Gasteiger partial charge in [0, 0.05) is 39.3 Å². The van der Waals surface area contributed by atoms with Crippen LogP contribution in [-0.4, -0.2) is 70.0 Å². The van der Waals surface area contributed by atoms with Gasteiger partial charge in [0.1, 0.15) is 18.3 Å². The molecule has 0 bridgehead atoms. The number of rotatable bonds is 6. The van der Waals surface area contributed by atoms with Crippen molar-refractivity contribution in [2.45, 2.75) is 64.6 Å². The van der Waals surface area contributed by atoms with E-state index in [0.29, 0.717) is 6.54 Å². The van der Waals surface area contributed by atoms with E-state index in [4.69, 9.17) is 4.74 Å². The third kappa shape index (κ3) is 7.84. The van der Waals surface area contributed by atoms with Gasteiger partial charge in [-0.15, -0.1) is 10.2 Å². The number of carbonyl (C=O) groups excluding carboxylic acids is 1. The number of likely N-dealkylation sites (tertiary alicyclic amines) is 1. The zero-order valence-electron chi connectivity index (χ0n) is 16.9. The highest BCUT2D eigenvalue weighted by molar-refractivity contribution is 5.80. The van der Waals surface area contributed by atoms with Crippen molar-refractivity contribution < 1.29 is 9.53 Å². The van der Waals surface area contributed by atoms with Crippen molar-refractivity contribution in [2.75, 3.05) is 26.7 Å². The second kappa shape index (κ2) is 10.1. The minimum absolute atomic E-state index is 0.175. The van der Waals surface area contributed by atoms with Crippen molar-refractivity contribution in [1.29, 1.82) is 0 Å². The lowest BCUT2D eigenvalue weighted by molar-refractivity contribution is 0.0193. The molecule has 0 aromatic carbocycles. The molecule has 0 saturated carbocycles. The van der Waals surface area contributed by atoms with Gasteiger partial charge in [-0.25, -0.2) is 4.79 Å². The molecule has 2 rings (SSSR count). The normalized spacial score (nSPS) is 18.3. The Bertz CT molecular complexity index is 595.